The normalized spacial score (nSPS) is 24.2. The van der Waals surface area contributed by atoms with Crippen LogP contribution in [0.5, 0.6) is 0 Å². The fourth-order valence-corrected chi connectivity index (χ4v) is 3.56. The van der Waals surface area contributed by atoms with Crippen molar-refractivity contribution < 1.29 is 24.5 Å². The van der Waals surface area contributed by atoms with Crippen molar-refractivity contribution in [2.45, 2.75) is 76.4 Å². The number of carbonyl (C=O) groups is 1. The molecule has 3 heterocycles. The topological polar surface area (TPSA) is 146 Å². The number of hydrogen-bond donors (Lipinski definition) is 3. The number of aromatic nitrogens is 4. The molecule has 29 heavy (non-hydrogen) atoms. The number of fused-ring (bicyclic) bond motifs is 1. The van der Waals surface area contributed by atoms with Gasteiger partial charge in [-0.2, -0.15) is 0 Å². The van der Waals surface area contributed by atoms with Gasteiger partial charge in [0.1, 0.15) is 24.1 Å². The van der Waals surface area contributed by atoms with Gasteiger partial charge in [-0.05, 0) is 6.42 Å². The molecule has 2 aromatic rings. The van der Waals surface area contributed by atoms with Crippen LogP contribution >= 0.6 is 0 Å². The molecule has 1 saturated heterocycles. The third-order valence-electron chi connectivity index (χ3n) is 5.15. The maximum absolute atomic E-state index is 12.2. The number of nitrogens with two attached hydrogens (primary N) is 1. The SMILES string of the molecule is CCCCCCCCC(=O)O[C@H]1[C@@H](O)[C@H](n2cnc3c(N)ncnc32)O[C@@H]1CO. The molecule has 2 aromatic heterocycles. The van der Waals surface area contributed by atoms with Crippen LogP contribution in [-0.2, 0) is 14.3 Å². The second-order valence-electron chi connectivity index (χ2n) is 7.29. The van der Waals surface area contributed by atoms with Crippen LogP contribution in [0.1, 0.15) is 58.1 Å². The van der Waals surface area contributed by atoms with Crippen molar-refractivity contribution in [3.8, 4) is 0 Å². The third kappa shape index (κ3) is 4.82. The fraction of sp³-hybridized carbons (Fsp3) is 0.684. The van der Waals surface area contributed by atoms with Gasteiger partial charge in [-0.25, -0.2) is 15.0 Å². The molecule has 4 N–H and O–H groups in total. The van der Waals surface area contributed by atoms with Crippen LogP contribution in [0.15, 0.2) is 12.7 Å². The molecule has 0 amide bonds. The standard InChI is InChI=1S/C19H29N5O5/c1-2-3-4-5-6-7-8-13(26)29-16-12(9-25)28-19(15(16)27)24-11-23-14-17(20)21-10-22-18(14)24/h10-12,15-16,19,25,27H,2-9H2,1H3,(H2,20,21,22)/t12-,15-,16-,19-/m1/s1. The monoisotopic (exact) mass is 407 g/mol. The summed E-state index contributed by atoms with van der Waals surface area (Å²) in [5.41, 5.74) is 6.56. The van der Waals surface area contributed by atoms with Gasteiger partial charge < -0.3 is 25.4 Å². The van der Waals surface area contributed by atoms with Crippen molar-refractivity contribution in [3.63, 3.8) is 0 Å². The predicted molar refractivity (Wildman–Crippen MR) is 105 cm³/mol. The molecule has 0 spiro atoms. The zero-order valence-corrected chi connectivity index (χ0v) is 16.6. The van der Waals surface area contributed by atoms with E-state index in [2.05, 4.69) is 21.9 Å². The molecule has 0 aliphatic carbocycles. The van der Waals surface area contributed by atoms with E-state index in [1.807, 2.05) is 0 Å². The van der Waals surface area contributed by atoms with Crippen LogP contribution < -0.4 is 5.73 Å². The summed E-state index contributed by atoms with van der Waals surface area (Å²) >= 11 is 0. The van der Waals surface area contributed by atoms with Crippen molar-refractivity contribution in [2.75, 3.05) is 12.3 Å². The van der Waals surface area contributed by atoms with Crippen LogP contribution in [0, 0.1) is 0 Å². The van der Waals surface area contributed by atoms with E-state index >= 15 is 0 Å². The molecule has 1 fully saturated rings. The lowest BCUT2D eigenvalue weighted by Crippen LogP contribution is -2.37. The Morgan fingerprint density at radius 1 is 1.24 bits per heavy atom. The summed E-state index contributed by atoms with van der Waals surface area (Å²) in [5.74, 6) is -0.198. The number of nitrogens with zero attached hydrogens (tertiary/aromatic N) is 4. The van der Waals surface area contributed by atoms with Gasteiger partial charge >= 0.3 is 5.97 Å². The minimum absolute atomic E-state index is 0.210. The summed E-state index contributed by atoms with van der Waals surface area (Å²) < 4.78 is 12.7. The largest absolute Gasteiger partial charge is 0.457 e. The molecule has 160 valence electrons. The summed E-state index contributed by atoms with van der Waals surface area (Å²) in [5, 5.41) is 20.4. The number of aliphatic hydroxyl groups is 2. The Labute approximate surface area is 169 Å². The molecule has 0 saturated carbocycles. The smallest absolute Gasteiger partial charge is 0.306 e. The average Bonchev–Trinajstić information content (AvgIpc) is 3.27. The zero-order valence-electron chi connectivity index (χ0n) is 16.6. The van der Waals surface area contributed by atoms with Crippen molar-refractivity contribution in [1.82, 2.24) is 19.5 Å². The van der Waals surface area contributed by atoms with E-state index in [4.69, 9.17) is 15.2 Å². The number of unbranched alkanes of at least 4 members (excludes halogenated alkanes) is 5. The number of aliphatic hydroxyl groups excluding tert-OH is 2. The van der Waals surface area contributed by atoms with Crippen LogP contribution in [0.4, 0.5) is 5.82 Å². The van der Waals surface area contributed by atoms with E-state index in [0.717, 1.165) is 19.3 Å². The molecule has 10 nitrogen and oxygen atoms in total. The third-order valence-corrected chi connectivity index (χ3v) is 5.15. The molecule has 0 radical (unpaired) electrons. The Balaban J connectivity index is 1.61. The molecule has 3 rings (SSSR count). The summed E-state index contributed by atoms with van der Waals surface area (Å²) in [7, 11) is 0. The molecule has 1 aliphatic rings. The zero-order chi connectivity index (χ0) is 20.8. The molecule has 0 aromatic carbocycles. The van der Waals surface area contributed by atoms with Crippen LogP contribution in [-0.4, -0.2) is 60.6 Å². The van der Waals surface area contributed by atoms with Crippen molar-refractivity contribution >= 4 is 23.0 Å². The quantitative estimate of drug-likeness (QED) is 0.392. The lowest BCUT2D eigenvalue weighted by atomic mass is 10.1. The Morgan fingerprint density at radius 2 is 2.00 bits per heavy atom. The molecule has 1 aliphatic heterocycles. The van der Waals surface area contributed by atoms with E-state index in [-0.39, 0.29) is 12.2 Å². The number of anilines is 1. The molecular weight excluding hydrogens is 378 g/mol. The molecule has 10 heteroatoms. The average molecular weight is 407 g/mol. The Morgan fingerprint density at radius 3 is 2.76 bits per heavy atom. The molecule has 0 bridgehead atoms. The van der Waals surface area contributed by atoms with E-state index in [1.54, 1.807) is 0 Å². The Kier molecular flexibility index (Phi) is 7.34. The minimum atomic E-state index is -1.19. The van der Waals surface area contributed by atoms with Crippen molar-refractivity contribution in [2.24, 2.45) is 0 Å². The maximum atomic E-state index is 12.2. The second kappa shape index (κ2) is 9.95. The second-order valence-corrected chi connectivity index (χ2v) is 7.29. The first-order valence-electron chi connectivity index (χ1n) is 10.1. The number of esters is 1. The summed E-state index contributed by atoms with van der Waals surface area (Å²) in [6, 6.07) is 0. The van der Waals surface area contributed by atoms with E-state index < -0.39 is 37.1 Å². The first-order valence-corrected chi connectivity index (χ1v) is 10.1. The van der Waals surface area contributed by atoms with Crippen LogP contribution in [0.2, 0.25) is 0 Å². The molecule has 0 unspecified atom stereocenters. The molecular formula is C19H29N5O5. The van der Waals surface area contributed by atoms with Crippen LogP contribution in [0.25, 0.3) is 11.2 Å². The maximum Gasteiger partial charge on any atom is 0.306 e. The van der Waals surface area contributed by atoms with E-state index in [9.17, 15) is 15.0 Å². The number of hydrogen-bond acceptors (Lipinski definition) is 9. The first kappa shape index (κ1) is 21.4. The van der Waals surface area contributed by atoms with Gasteiger partial charge in [0.25, 0.3) is 0 Å². The summed E-state index contributed by atoms with van der Waals surface area (Å²) in [4.78, 5) is 24.4. The fourth-order valence-electron chi connectivity index (χ4n) is 3.56. The van der Waals surface area contributed by atoms with E-state index in [0.29, 0.717) is 11.2 Å². The van der Waals surface area contributed by atoms with Gasteiger partial charge in [-0.15, -0.1) is 0 Å². The highest BCUT2D eigenvalue weighted by Crippen LogP contribution is 2.33. The van der Waals surface area contributed by atoms with Gasteiger partial charge in [0.05, 0.1) is 12.9 Å². The highest BCUT2D eigenvalue weighted by Gasteiger charge is 2.47. The Hall–Kier alpha value is -2.30. The number of rotatable bonds is 10. The number of carbonyl (C=O) groups excluding carboxylic acids is 1. The van der Waals surface area contributed by atoms with Gasteiger partial charge in [-0.1, -0.05) is 39.0 Å². The van der Waals surface area contributed by atoms with E-state index in [1.165, 1.54) is 36.5 Å². The van der Waals surface area contributed by atoms with Gasteiger partial charge in [-0.3, -0.25) is 9.36 Å². The Bertz CT molecular complexity index is 813. The first-order chi connectivity index (χ1) is 14.1. The highest BCUT2D eigenvalue weighted by molar-refractivity contribution is 5.81. The molecule has 4 atom stereocenters. The van der Waals surface area contributed by atoms with Crippen LogP contribution in [0.3, 0.4) is 0 Å². The van der Waals surface area contributed by atoms with Gasteiger partial charge in [0.15, 0.2) is 23.8 Å². The summed E-state index contributed by atoms with van der Waals surface area (Å²) in [6.07, 6.45) is 5.41. The number of imidazole rings is 1. The lowest BCUT2D eigenvalue weighted by Gasteiger charge is -2.20. The number of nitrogen functional groups attached to an aromatic ring is 1. The number of ether oxygens (including phenoxy) is 2. The van der Waals surface area contributed by atoms with Crippen molar-refractivity contribution in [3.05, 3.63) is 12.7 Å². The summed E-state index contributed by atoms with van der Waals surface area (Å²) in [6.45, 7) is 1.76. The van der Waals surface area contributed by atoms with Crippen molar-refractivity contribution in [1.29, 1.82) is 0 Å². The predicted octanol–water partition coefficient (Wildman–Crippen LogP) is 1.32. The lowest BCUT2D eigenvalue weighted by molar-refractivity contribution is -0.156. The minimum Gasteiger partial charge on any atom is -0.457 e. The van der Waals surface area contributed by atoms with Gasteiger partial charge in [0.2, 0.25) is 0 Å². The van der Waals surface area contributed by atoms with Gasteiger partial charge in [0, 0.05) is 6.42 Å². The highest BCUT2D eigenvalue weighted by atomic mass is 16.6.